The van der Waals surface area contributed by atoms with E-state index in [-0.39, 0.29) is 12.5 Å². The Bertz CT molecular complexity index is 955. The van der Waals surface area contributed by atoms with Crippen LogP contribution in [0.15, 0.2) is 59.8 Å². The van der Waals surface area contributed by atoms with E-state index in [2.05, 4.69) is 10.5 Å². The van der Waals surface area contributed by atoms with Crippen molar-refractivity contribution in [3.05, 3.63) is 71.4 Å². The molecule has 25 heavy (non-hydrogen) atoms. The molecule has 0 unspecified atom stereocenters. The molecule has 126 valence electrons. The molecule has 0 aliphatic rings. The topological polar surface area (TPSA) is 89.5 Å². The standard InChI is InChI=1S/C19H18N4O2/c1-13-6-8-14(9-7-13)19(25)22-21-10-15-11-23(12-18(20)24)17-5-3-2-4-16(15)17/h2-11H,12H2,1H3,(H2,20,24)(H,22,25). The van der Waals surface area contributed by atoms with E-state index in [0.29, 0.717) is 5.56 Å². The number of rotatable bonds is 5. The lowest BCUT2D eigenvalue weighted by Gasteiger charge is -2.00. The lowest BCUT2D eigenvalue weighted by atomic mass is 10.1. The number of nitrogens with two attached hydrogens (primary N) is 1. The van der Waals surface area contributed by atoms with Crippen LogP contribution in [0.2, 0.25) is 0 Å². The molecule has 3 aromatic rings. The number of hydrazone groups is 1. The van der Waals surface area contributed by atoms with Crippen LogP contribution in [-0.2, 0) is 11.3 Å². The molecule has 6 heteroatoms. The van der Waals surface area contributed by atoms with Crippen LogP contribution in [0, 0.1) is 6.92 Å². The highest BCUT2D eigenvalue weighted by Crippen LogP contribution is 2.19. The second-order valence-corrected chi connectivity index (χ2v) is 5.76. The van der Waals surface area contributed by atoms with E-state index in [0.717, 1.165) is 22.0 Å². The highest BCUT2D eigenvalue weighted by Gasteiger charge is 2.08. The average Bonchev–Trinajstić information content (AvgIpc) is 2.93. The lowest BCUT2D eigenvalue weighted by molar-refractivity contribution is -0.118. The summed E-state index contributed by atoms with van der Waals surface area (Å²) in [5, 5.41) is 4.96. The van der Waals surface area contributed by atoms with Gasteiger partial charge in [0.2, 0.25) is 5.91 Å². The van der Waals surface area contributed by atoms with Gasteiger partial charge in [-0.3, -0.25) is 9.59 Å². The third-order valence-electron chi connectivity index (χ3n) is 3.83. The summed E-state index contributed by atoms with van der Waals surface area (Å²) in [4.78, 5) is 23.3. The Morgan fingerprint density at radius 2 is 1.88 bits per heavy atom. The van der Waals surface area contributed by atoms with E-state index in [1.807, 2.05) is 43.3 Å². The maximum absolute atomic E-state index is 12.1. The number of nitrogens with one attached hydrogen (secondary N) is 1. The highest BCUT2D eigenvalue weighted by atomic mass is 16.2. The molecule has 0 bridgehead atoms. The van der Waals surface area contributed by atoms with Gasteiger partial charge in [0, 0.05) is 28.2 Å². The van der Waals surface area contributed by atoms with Gasteiger partial charge in [-0.25, -0.2) is 5.43 Å². The molecule has 2 aromatic carbocycles. The molecule has 0 spiro atoms. The summed E-state index contributed by atoms with van der Waals surface area (Å²) < 4.78 is 1.76. The van der Waals surface area contributed by atoms with Crippen LogP contribution in [-0.4, -0.2) is 22.6 Å². The summed E-state index contributed by atoms with van der Waals surface area (Å²) in [7, 11) is 0. The minimum absolute atomic E-state index is 0.0874. The number of aromatic nitrogens is 1. The summed E-state index contributed by atoms with van der Waals surface area (Å²) in [6.45, 7) is 2.05. The molecular formula is C19H18N4O2. The van der Waals surface area contributed by atoms with Gasteiger partial charge in [0.25, 0.3) is 5.91 Å². The summed E-state index contributed by atoms with van der Waals surface area (Å²) >= 11 is 0. The number of fused-ring (bicyclic) bond motifs is 1. The number of hydrogen-bond donors (Lipinski definition) is 2. The monoisotopic (exact) mass is 334 g/mol. The Kier molecular flexibility index (Phi) is 4.61. The molecule has 0 saturated heterocycles. The van der Waals surface area contributed by atoms with E-state index in [1.54, 1.807) is 29.1 Å². The third kappa shape index (κ3) is 3.74. The fourth-order valence-electron chi connectivity index (χ4n) is 2.61. The molecule has 0 radical (unpaired) electrons. The SMILES string of the molecule is Cc1ccc(C(=O)NN=Cc2cn(CC(N)=O)c3ccccc23)cc1. The molecule has 1 aromatic heterocycles. The van der Waals surface area contributed by atoms with Gasteiger partial charge in [0.05, 0.1) is 6.21 Å². The van der Waals surface area contributed by atoms with Crippen molar-refractivity contribution in [2.24, 2.45) is 10.8 Å². The van der Waals surface area contributed by atoms with Crippen LogP contribution in [0.1, 0.15) is 21.5 Å². The normalized spacial score (nSPS) is 11.1. The van der Waals surface area contributed by atoms with Gasteiger partial charge in [0.15, 0.2) is 0 Å². The Morgan fingerprint density at radius 3 is 2.60 bits per heavy atom. The average molecular weight is 334 g/mol. The summed E-state index contributed by atoms with van der Waals surface area (Å²) in [6.07, 6.45) is 3.35. The first-order valence-electron chi connectivity index (χ1n) is 7.81. The first-order chi connectivity index (χ1) is 12.0. The Morgan fingerprint density at radius 1 is 1.16 bits per heavy atom. The third-order valence-corrected chi connectivity index (χ3v) is 3.83. The number of amides is 2. The summed E-state index contributed by atoms with van der Waals surface area (Å²) in [5.74, 6) is -0.700. The second kappa shape index (κ2) is 7.00. The maximum atomic E-state index is 12.1. The van der Waals surface area contributed by atoms with Crippen LogP contribution in [0.5, 0.6) is 0 Å². The van der Waals surface area contributed by atoms with Gasteiger partial charge in [-0.2, -0.15) is 5.10 Å². The first-order valence-corrected chi connectivity index (χ1v) is 7.81. The van der Waals surface area contributed by atoms with Crippen LogP contribution in [0.4, 0.5) is 0 Å². The van der Waals surface area contributed by atoms with E-state index in [4.69, 9.17) is 5.73 Å². The zero-order valence-electron chi connectivity index (χ0n) is 13.8. The minimum atomic E-state index is -0.420. The molecule has 6 nitrogen and oxygen atoms in total. The van der Waals surface area contributed by atoms with E-state index >= 15 is 0 Å². The minimum Gasteiger partial charge on any atom is -0.368 e. The zero-order valence-corrected chi connectivity index (χ0v) is 13.8. The van der Waals surface area contributed by atoms with Crippen molar-refractivity contribution in [2.45, 2.75) is 13.5 Å². The van der Waals surface area contributed by atoms with Crippen molar-refractivity contribution >= 4 is 28.9 Å². The number of hydrogen-bond acceptors (Lipinski definition) is 3. The van der Waals surface area contributed by atoms with Crippen molar-refractivity contribution in [3.8, 4) is 0 Å². The second-order valence-electron chi connectivity index (χ2n) is 5.76. The molecule has 0 aliphatic carbocycles. The van der Waals surface area contributed by atoms with Gasteiger partial charge in [-0.05, 0) is 25.1 Å². The molecule has 0 atom stereocenters. The number of para-hydroxylation sites is 1. The number of benzene rings is 2. The fraction of sp³-hybridized carbons (Fsp3) is 0.105. The van der Waals surface area contributed by atoms with E-state index in [1.165, 1.54) is 0 Å². The number of primary amides is 1. The van der Waals surface area contributed by atoms with Crippen LogP contribution in [0.3, 0.4) is 0 Å². The number of aryl methyl sites for hydroxylation is 1. The molecule has 1 heterocycles. The van der Waals surface area contributed by atoms with Crippen LogP contribution >= 0.6 is 0 Å². The molecule has 0 fully saturated rings. The molecular weight excluding hydrogens is 316 g/mol. The van der Waals surface area contributed by atoms with Gasteiger partial charge >= 0.3 is 0 Å². The quantitative estimate of drug-likeness (QED) is 0.553. The Hall–Kier alpha value is -3.41. The van der Waals surface area contributed by atoms with E-state index in [9.17, 15) is 9.59 Å². The Labute approximate surface area is 144 Å². The summed E-state index contributed by atoms with van der Waals surface area (Å²) in [6, 6.07) is 14.9. The maximum Gasteiger partial charge on any atom is 0.271 e. The zero-order chi connectivity index (χ0) is 17.8. The number of carbonyl (C=O) groups excluding carboxylic acids is 2. The molecule has 2 amide bonds. The van der Waals surface area contributed by atoms with Crippen molar-refractivity contribution in [2.75, 3.05) is 0 Å². The lowest BCUT2D eigenvalue weighted by Crippen LogP contribution is -2.18. The van der Waals surface area contributed by atoms with Crippen LogP contribution in [0.25, 0.3) is 10.9 Å². The predicted octanol–water partition coefficient (Wildman–Crippen LogP) is 2.20. The van der Waals surface area contributed by atoms with Crippen molar-refractivity contribution in [1.82, 2.24) is 9.99 Å². The fourth-order valence-corrected chi connectivity index (χ4v) is 2.61. The molecule has 3 rings (SSSR count). The Balaban J connectivity index is 1.80. The van der Waals surface area contributed by atoms with Gasteiger partial charge in [0.1, 0.15) is 6.54 Å². The molecule has 3 N–H and O–H groups in total. The van der Waals surface area contributed by atoms with E-state index < -0.39 is 5.91 Å². The first kappa shape index (κ1) is 16.4. The largest absolute Gasteiger partial charge is 0.368 e. The molecule has 0 saturated carbocycles. The van der Waals surface area contributed by atoms with Gasteiger partial charge in [-0.1, -0.05) is 35.9 Å². The molecule has 0 aliphatic heterocycles. The van der Waals surface area contributed by atoms with Gasteiger partial charge in [-0.15, -0.1) is 0 Å². The number of carbonyl (C=O) groups is 2. The van der Waals surface area contributed by atoms with Crippen molar-refractivity contribution in [3.63, 3.8) is 0 Å². The smallest absolute Gasteiger partial charge is 0.271 e. The van der Waals surface area contributed by atoms with Crippen molar-refractivity contribution < 1.29 is 9.59 Å². The number of nitrogens with zero attached hydrogens (tertiary/aromatic N) is 2. The van der Waals surface area contributed by atoms with Crippen LogP contribution < -0.4 is 11.2 Å². The predicted molar refractivity (Wildman–Crippen MR) is 97.4 cm³/mol. The van der Waals surface area contributed by atoms with Crippen molar-refractivity contribution in [1.29, 1.82) is 0 Å². The summed E-state index contributed by atoms with van der Waals surface area (Å²) in [5.41, 5.74) is 11.1. The van der Waals surface area contributed by atoms with Gasteiger partial charge < -0.3 is 10.3 Å². The highest BCUT2D eigenvalue weighted by molar-refractivity contribution is 6.01.